The van der Waals surface area contributed by atoms with Crippen molar-refractivity contribution in [3.05, 3.63) is 93.8 Å². The van der Waals surface area contributed by atoms with E-state index in [2.05, 4.69) is 10.2 Å². The van der Waals surface area contributed by atoms with Crippen molar-refractivity contribution in [2.45, 2.75) is 19.4 Å². The van der Waals surface area contributed by atoms with Crippen LogP contribution >= 0.6 is 22.9 Å². The summed E-state index contributed by atoms with van der Waals surface area (Å²) in [7, 11) is 1.73. The van der Waals surface area contributed by atoms with E-state index >= 15 is 0 Å². The first-order valence-corrected chi connectivity index (χ1v) is 13.0. The van der Waals surface area contributed by atoms with Gasteiger partial charge < -0.3 is 10.6 Å². The zero-order chi connectivity index (χ0) is 27.0. The molecule has 2 aromatic carbocycles. The molecule has 6 rings (SSSR count). The number of hydrogen-bond acceptors (Lipinski definition) is 5. The van der Waals surface area contributed by atoms with Crippen molar-refractivity contribution in [2.75, 3.05) is 4.90 Å². The molecular weight excluding hydrogens is 527 g/mol. The molecule has 8 nitrogen and oxygen atoms in total. The third kappa shape index (κ3) is 5.05. The predicted octanol–water partition coefficient (Wildman–Crippen LogP) is 5.51. The van der Waals surface area contributed by atoms with Gasteiger partial charge in [-0.05, 0) is 67.1 Å². The van der Waals surface area contributed by atoms with Gasteiger partial charge in [-0.3, -0.25) is 14.3 Å². The molecule has 1 aliphatic rings. The SMILES string of the molecule is C[C@H]1C[C@@H](c2ccc(Cl)s2)N(c2ccc3c(cnn3-c3ccc(F)cc3)c2)C1=O.Cn1ccc(C(N)=O)n1. The number of thiophene rings is 1. The molecule has 5 aromatic rings. The summed E-state index contributed by atoms with van der Waals surface area (Å²) in [5, 5.41) is 9.12. The number of rotatable bonds is 4. The maximum absolute atomic E-state index is 13.2. The fourth-order valence-corrected chi connectivity index (χ4v) is 5.66. The number of nitrogens with two attached hydrogens (primary N) is 1. The van der Waals surface area contributed by atoms with E-state index in [1.54, 1.807) is 42.3 Å². The summed E-state index contributed by atoms with van der Waals surface area (Å²) in [4.78, 5) is 26.3. The molecule has 1 saturated heterocycles. The second kappa shape index (κ2) is 10.4. The van der Waals surface area contributed by atoms with Crippen LogP contribution in [-0.4, -0.2) is 31.4 Å². The van der Waals surface area contributed by atoms with E-state index in [0.717, 1.165) is 37.9 Å². The Morgan fingerprint density at radius 3 is 2.45 bits per heavy atom. The Kier molecular flexibility index (Phi) is 7.00. The van der Waals surface area contributed by atoms with Crippen molar-refractivity contribution < 1.29 is 14.0 Å². The van der Waals surface area contributed by atoms with Crippen LogP contribution in [0.2, 0.25) is 4.34 Å². The molecule has 2 amide bonds. The van der Waals surface area contributed by atoms with Crippen molar-refractivity contribution in [3.63, 3.8) is 0 Å². The van der Waals surface area contributed by atoms with Gasteiger partial charge in [-0.25, -0.2) is 9.07 Å². The van der Waals surface area contributed by atoms with Crippen molar-refractivity contribution in [2.24, 2.45) is 18.7 Å². The average molecular weight is 551 g/mol. The van der Waals surface area contributed by atoms with Gasteiger partial charge in [-0.1, -0.05) is 18.5 Å². The number of aromatic nitrogens is 4. The molecule has 194 valence electrons. The van der Waals surface area contributed by atoms with Crippen LogP contribution in [0.15, 0.2) is 73.1 Å². The van der Waals surface area contributed by atoms with Gasteiger partial charge >= 0.3 is 0 Å². The Labute approximate surface area is 227 Å². The van der Waals surface area contributed by atoms with E-state index in [0.29, 0.717) is 5.69 Å². The number of carbonyl (C=O) groups is 2. The lowest BCUT2D eigenvalue weighted by atomic mass is 10.1. The maximum atomic E-state index is 13.2. The van der Waals surface area contributed by atoms with Gasteiger partial charge in [0.15, 0.2) is 0 Å². The molecule has 1 aliphatic heterocycles. The van der Waals surface area contributed by atoms with Crippen molar-refractivity contribution >= 4 is 51.3 Å². The molecule has 0 saturated carbocycles. The molecular formula is C27H24ClFN6O2S. The minimum Gasteiger partial charge on any atom is -0.364 e. The standard InChI is InChI=1S/C22H17ClFN3OS.C5H7N3O/c1-13-10-19(20-8-9-21(23)29-20)26(22(13)28)17-6-7-18-14(11-17)12-25-27(18)16-4-2-15(24)3-5-16;1-8-3-2-4(7-8)5(6)9/h2-9,11-13,19H,10H2,1H3;2-3H,1H3,(H2,6,9)/t13-,19-;/m0./s1. The van der Waals surface area contributed by atoms with Gasteiger partial charge in [-0.15, -0.1) is 11.3 Å². The van der Waals surface area contributed by atoms with E-state index in [4.69, 9.17) is 17.3 Å². The summed E-state index contributed by atoms with van der Waals surface area (Å²) in [5.74, 6) is -0.701. The van der Waals surface area contributed by atoms with E-state index < -0.39 is 5.91 Å². The van der Waals surface area contributed by atoms with Gasteiger partial charge in [0.25, 0.3) is 5.91 Å². The summed E-state index contributed by atoms with van der Waals surface area (Å²) in [5.41, 5.74) is 7.75. The normalized spacial score (nSPS) is 17.1. The van der Waals surface area contributed by atoms with Crippen LogP contribution < -0.4 is 10.6 Å². The second-order valence-electron chi connectivity index (χ2n) is 9.02. The molecule has 0 unspecified atom stereocenters. The molecule has 1 fully saturated rings. The third-order valence-corrected chi connectivity index (χ3v) is 7.67. The predicted molar refractivity (Wildman–Crippen MR) is 146 cm³/mol. The summed E-state index contributed by atoms with van der Waals surface area (Å²) >= 11 is 7.65. The van der Waals surface area contributed by atoms with Crippen LogP contribution in [0.5, 0.6) is 0 Å². The number of benzene rings is 2. The monoisotopic (exact) mass is 550 g/mol. The van der Waals surface area contributed by atoms with Crippen molar-refractivity contribution in [1.82, 2.24) is 19.6 Å². The van der Waals surface area contributed by atoms with Crippen LogP contribution in [-0.2, 0) is 11.8 Å². The second-order valence-corrected chi connectivity index (χ2v) is 10.8. The summed E-state index contributed by atoms with van der Waals surface area (Å²) < 4.78 is 17.3. The van der Waals surface area contributed by atoms with Crippen LogP contribution in [0.25, 0.3) is 16.6 Å². The Morgan fingerprint density at radius 1 is 1.11 bits per heavy atom. The Morgan fingerprint density at radius 2 is 1.84 bits per heavy atom. The first-order chi connectivity index (χ1) is 18.2. The fraction of sp³-hybridized carbons (Fsp3) is 0.185. The topological polar surface area (TPSA) is 99.0 Å². The Hall–Kier alpha value is -4.02. The van der Waals surface area contributed by atoms with E-state index in [1.807, 2.05) is 42.2 Å². The first-order valence-electron chi connectivity index (χ1n) is 11.8. The van der Waals surface area contributed by atoms with Gasteiger partial charge in [0.05, 0.1) is 27.8 Å². The fourth-order valence-electron chi connectivity index (χ4n) is 4.49. The number of carbonyl (C=O) groups excluding carboxylic acids is 2. The van der Waals surface area contributed by atoms with E-state index in [9.17, 15) is 14.0 Å². The molecule has 38 heavy (non-hydrogen) atoms. The lowest BCUT2D eigenvalue weighted by molar-refractivity contribution is -0.120. The number of halogens is 2. The largest absolute Gasteiger partial charge is 0.364 e. The minimum absolute atomic E-state index is 0.0143. The van der Waals surface area contributed by atoms with Crippen molar-refractivity contribution in [3.8, 4) is 5.69 Å². The Balaban J connectivity index is 0.000000278. The zero-order valence-electron chi connectivity index (χ0n) is 20.6. The van der Waals surface area contributed by atoms with Crippen molar-refractivity contribution in [1.29, 1.82) is 0 Å². The number of fused-ring (bicyclic) bond motifs is 1. The highest BCUT2D eigenvalue weighted by Gasteiger charge is 2.39. The minimum atomic E-state index is -0.490. The molecule has 3 aromatic heterocycles. The zero-order valence-corrected chi connectivity index (χ0v) is 22.2. The molecule has 0 aliphatic carbocycles. The first kappa shape index (κ1) is 25.6. The highest BCUT2D eigenvalue weighted by molar-refractivity contribution is 7.16. The Bertz CT molecular complexity index is 1630. The number of hydrogen-bond donors (Lipinski definition) is 1. The number of anilines is 1. The summed E-state index contributed by atoms with van der Waals surface area (Å²) in [6.07, 6.45) is 4.20. The van der Waals surface area contributed by atoms with E-state index in [1.165, 1.54) is 28.2 Å². The summed E-state index contributed by atoms with van der Waals surface area (Å²) in [6.45, 7) is 1.97. The molecule has 0 spiro atoms. The summed E-state index contributed by atoms with van der Waals surface area (Å²) in [6, 6.07) is 17.5. The molecule has 4 heterocycles. The highest BCUT2D eigenvalue weighted by atomic mass is 35.5. The molecule has 2 atom stereocenters. The van der Waals surface area contributed by atoms with Crippen LogP contribution in [0.1, 0.15) is 34.8 Å². The number of nitrogens with zero attached hydrogens (tertiary/aromatic N) is 5. The molecule has 2 N–H and O–H groups in total. The lowest BCUT2D eigenvalue weighted by Crippen LogP contribution is -2.28. The maximum Gasteiger partial charge on any atom is 0.269 e. The van der Waals surface area contributed by atoms with E-state index in [-0.39, 0.29) is 23.7 Å². The van der Waals surface area contributed by atoms with Crippen LogP contribution in [0.4, 0.5) is 10.1 Å². The van der Waals surface area contributed by atoms with Crippen LogP contribution in [0.3, 0.4) is 0 Å². The lowest BCUT2D eigenvalue weighted by Gasteiger charge is -2.24. The molecule has 11 heteroatoms. The van der Waals surface area contributed by atoms with Gasteiger partial charge in [0, 0.05) is 35.1 Å². The number of aryl methyl sites for hydroxylation is 1. The molecule has 0 radical (unpaired) electrons. The molecule has 0 bridgehead atoms. The quantitative estimate of drug-likeness (QED) is 0.319. The number of amides is 2. The van der Waals surface area contributed by atoms with Gasteiger partial charge in [0.2, 0.25) is 5.91 Å². The third-order valence-electron chi connectivity index (χ3n) is 6.34. The van der Waals surface area contributed by atoms with Gasteiger partial charge in [-0.2, -0.15) is 10.2 Å². The highest BCUT2D eigenvalue weighted by Crippen LogP contribution is 2.43. The van der Waals surface area contributed by atoms with Crippen LogP contribution in [0, 0.1) is 11.7 Å². The smallest absolute Gasteiger partial charge is 0.269 e. The number of primary amides is 1. The van der Waals surface area contributed by atoms with Gasteiger partial charge in [0.1, 0.15) is 11.5 Å². The average Bonchev–Trinajstić information content (AvgIpc) is 3.67.